The highest BCUT2D eigenvalue weighted by atomic mass is 127. The summed E-state index contributed by atoms with van der Waals surface area (Å²) >= 11 is 3.84. The molecular formula is C14H17IN2O2S. The van der Waals surface area contributed by atoms with Gasteiger partial charge in [0.2, 0.25) is 0 Å². The van der Waals surface area contributed by atoms with Crippen molar-refractivity contribution in [1.82, 2.24) is 9.78 Å². The lowest BCUT2D eigenvalue weighted by Gasteiger charge is -2.19. The van der Waals surface area contributed by atoms with E-state index in [0.717, 1.165) is 19.5 Å². The molecule has 4 nitrogen and oxygen atoms in total. The Morgan fingerprint density at radius 2 is 2.15 bits per heavy atom. The van der Waals surface area contributed by atoms with Crippen LogP contribution in [0, 0.1) is 3.70 Å². The van der Waals surface area contributed by atoms with Gasteiger partial charge in [-0.15, -0.1) is 11.8 Å². The molecule has 2 rings (SSSR count). The fraction of sp³-hybridized carbons (Fsp3) is 0.429. The Kier molecular flexibility index (Phi) is 4.63. The average molecular weight is 404 g/mol. The molecule has 1 aromatic carbocycles. The van der Waals surface area contributed by atoms with Crippen LogP contribution in [0.1, 0.15) is 20.8 Å². The van der Waals surface area contributed by atoms with E-state index in [1.165, 1.54) is 0 Å². The van der Waals surface area contributed by atoms with E-state index in [1.807, 2.05) is 45.2 Å². The Morgan fingerprint density at radius 1 is 1.45 bits per heavy atom. The van der Waals surface area contributed by atoms with Gasteiger partial charge in [0.1, 0.15) is 15.8 Å². The number of esters is 1. The van der Waals surface area contributed by atoms with Crippen LogP contribution in [0.2, 0.25) is 0 Å². The lowest BCUT2D eigenvalue weighted by Crippen LogP contribution is -2.26. The number of fused-ring (bicyclic) bond motifs is 1. The van der Waals surface area contributed by atoms with E-state index in [2.05, 4.69) is 27.7 Å². The molecule has 0 bridgehead atoms. The molecule has 108 valence electrons. The van der Waals surface area contributed by atoms with Crippen molar-refractivity contribution in [2.45, 2.75) is 37.8 Å². The number of nitrogens with zero attached hydrogens (tertiary/aromatic N) is 2. The Morgan fingerprint density at radius 3 is 2.75 bits per heavy atom. The number of ether oxygens (including phenoxy) is 1. The Balaban J connectivity index is 2.38. The fourth-order valence-electron chi connectivity index (χ4n) is 1.94. The molecule has 20 heavy (non-hydrogen) atoms. The highest BCUT2D eigenvalue weighted by Crippen LogP contribution is 2.29. The number of halogens is 1. The maximum atomic E-state index is 12.0. The van der Waals surface area contributed by atoms with Gasteiger partial charge in [0, 0.05) is 10.3 Å². The normalized spacial score (nSPS) is 11.8. The van der Waals surface area contributed by atoms with Crippen LogP contribution in [-0.4, -0.2) is 27.6 Å². The van der Waals surface area contributed by atoms with Crippen LogP contribution >= 0.6 is 34.4 Å². The van der Waals surface area contributed by atoms with Gasteiger partial charge in [0.25, 0.3) is 0 Å². The molecule has 0 aliphatic rings. The number of aromatic nitrogens is 2. The first-order chi connectivity index (χ1) is 9.31. The predicted octanol–water partition coefficient (Wildman–Crippen LogP) is 3.70. The minimum atomic E-state index is -0.477. The molecule has 1 heterocycles. The third-order valence-electron chi connectivity index (χ3n) is 2.61. The van der Waals surface area contributed by atoms with E-state index < -0.39 is 5.60 Å². The molecule has 0 aliphatic heterocycles. The van der Waals surface area contributed by atoms with Crippen molar-refractivity contribution in [2.75, 3.05) is 6.26 Å². The smallest absolute Gasteiger partial charge is 0.328 e. The van der Waals surface area contributed by atoms with Gasteiger partial charge in [-0.05, 0) is 55.7 Å². The number of carbonyl (C=O) groups excluding carboxylic acids is 1. The van der Waals surface area contributed by atoms with Crippen molar-refractivity contribution >= 4 is 51.2 Å². The third kappa shape index (κ3) is 3.46. The van der Waals surface area contributed by atoms with Gasteiger partial charge < -0.3 is 4.74 Å². The highest BCUT2D eigenvalue weighted by Gasteiger charge is 2.19. The predicted molar refractivity (Wildman–Crippen MR) is 90.1 cm³/mol. The summed E-state index contributed by atoms with van der Waals surface area (Å²) in [4.78, 5) is 13.1. The topological polar surface area (TPSA) is 44.1 Å². The molecule has 0 atom stereocenters. The average Bonchev–Trinajstić information content (AvgIpc) is 2.64. The van der Waals surface area contributed by atoms with Crippen molar-refractivity contribution in [1.29, 1.82) is 0 Å². The molecule has 0 aliphatic carbocycles. The van der Waals surface area contributed by atoms with E-state index in [-0.39, 0.29) is 12.5 Å². The first-order valence-electron chi connectivity index (χ1n) is 6.22. The summed E-state index contributed by atoms with van der Waals surface area (Å²) < 4.78 is 8.00. The number of thioether (sulfide) groups is 1. The minimum absolute atomic E-state index is 0.133. The number of carbonyl (C=O) groups is 1. The molecule has 0 N–H and O–H groups in total. The first kappa shape index (κ1) is 15.6. The summed E-state index contributed by atoms with van der Waals surface area (Å²) in [5.41, 5.74) is 0.519. The maximum absolute atomic E-state index is 12.0. The number of para-hydroxylation sites is 1. The molecule has 0 radical (unpaired) electrons. The van der Waals surface area contributed by atoms with Gasteiger partial charge in [-0.25, -0.2) is 0 Å². The molecular weight excluding hydrogens is 387 g/mol. The van der Waals surface area contributed by atoms with Gasteiger partial charge >= 0.3 is 5.97 Å². The SMILES string of the molecule is CSc1cccc2c(I)nn(CC(=O)OC(C)(C)C)c12. The summed E-state index contributed by atoms with van der Waals surface area (Å²) in [6.07, 6.45) is 2.02. The molecule has 0 saturated carbocycles. The summed E-state index contributed by atoms with van der Waals surface area (Å²) in [6, 6.07) is 6.07. The van der Waals surface area contributed by atoms with E-state index in [1.54, 1.807) is 16.4 Å². The van der Waals surface area contributed by atoms with E-state index in [9.17, 15) is 4.79 Å². The fourth-order valence-corrected chi connectivity index (χ4v) is 3.26. The number of benzene rings is 1. The van der Waals surface area contributed by atoms with Gasteiger partial charge in [-0.2, -0.15) is 5.10 Å². The van der Waals surface area contributed by atoms with E-state index >= 15 is 0 Å². The second-order valence-electron chi connectivity index (χ2n) is 5.39. The quantitative estimate of drug-likeness (QED) is 0.445. The van der Waals surface area contributed by atoms with Gasteiger partial charge in [0.15, 0.2) is 0 Å². The number of hydrogen-bond donors (Lipinski definition) is 0. The molecule has 0 amide bonds. The van der Waals surface area contributed by atoms with Crippen LogP contribution in [0.4, 0.5) is 0 Å². The first-order valence-corrected chi connectivity index (χ1v) is 8.53. The van der Waals surface area contributed by atoms with Crippen LogP contribution in [0.25, 0.3) is 10.9 Å². The second-order valence-corrected chi connectivity index (χ2v) is 7.26. The lowest BCUT2D eigenvalue weighted by molar-refractivity contribution is -0.155. The van der Waals surface area contributed by atoms with Crippen molar-refractivity contribution in [3.05, 3.63) is 21.9 Å². The molecule has 0 spiro atoms. The third-order valence-corrected chi connectivity index (χ3v) is 4.17. The van der Waals surface area contributed by atoms with Crippen LogP contribution in [0.15, 0.2) is 23.1 Å². The molecule has 6 heteroatoms. The largest absolute Gasteiger partial charge is 0.459 e. The summed E-state index contributed by atoms with van der Waals surface area (Å²) in [5.74, 6) is -0.269. The lowest BCUT2D eigenvalue weighted by atomic mass is 10.2. The molecule has 1 aromatic heterocycles. The van der Waals surface area contributed by atoms with Crippen molar-refractivity contribution in [3.63, 3.8) is 0 Å². The van der Waals surface area contributed by atoms with Crippen molar-refractivity contribution in [3.8, 4) is 0 Å². The van der Waals surface area contributed by atoms with E-state index in [4.69, 9.17) is 4.74 Å². The zero-order valence-corrected chi connectivity index (χ0v) is 14.9. The van der Waals surface area contributed by atoms with Crippen LogP contribution in [0.5, 0.6) is 0 Å². The summed E-state index contributed by atoms with van der Waals surface area (Å²) in [7, 11) is 0. The maximum Gasteiger partial charge on any atom is 0.328 e. The number of rotatable bonds is 3. The zero-order chi connectivity index (χ0) is 14.9. The Hall–Kier alpha value is -0.760. The monoisotopic (exact) mass is 404 g/mol. The summed E-state index contributed by atoms with van der Waals surface area (Å²) in [6.45, 7) is 5.73. The molecule has 2 aromatic rings. The summed E-state index contributed by atoms with van der Waals surface area (Å²) in [5, 5.41) is 5.53. The molecule has 0 saturated heterocycles. The van der Waals surface area contributed by atoms with Crippen LogP contribution < -0.4 is 0 Å². The van der Waals surface area contributed by atoms with Crippen molar-refractivity contribution in [2.24, 2.45) is 0 Å². The van der Waals surface area contributed by atoms with Crippen LogP contribution in [0.3, 0.4) is 0 Å². The standard InChI is InChI=1S/C14H17IN2O2S/c1-14(2,3)19-11(18)8-17-12-9(13(15)16-17)6-5-7-10(12)20-4/h5-7H,8H2,1-4H3. The van der Waals surface area contributed by atoms with Crippen molar-refractivity contribution < 1.29 is 9.53 Å². The van der Waals surface area contributed by atoms with Gasteiger partial charge in [-0.3, -0.25) is 9.48 Å². The van der Waals surface area contributed by atoms with Gasteiger partial charge in [0.05, 0.1) is 5.52 Å². The zero-order valence-electron chi connectivity index (χ0n) is 11.9. The Bertz CT molecular complexity index is 646. The number of hydrogen-bond acceptors (Lipinski definition) is 4. The molecule has 0 fully saturated rings. The Labute approximate surface area is 136 Å². The molecule has 0 unspecified atom stereocenters. The minimum Gasteiger partial charge on any atom is -0.459 e. The second kappa shape index (κ2) is 5.93. The van der Waals surface area contributed by atoms with E-state index in [0.29, 0.717) is 0 Å². The van der Waals surface area contributed by atoms with Crippen LogP contribution in [-0.2, 0) is 16.1 Å². The highest BCUT2D eigenvalue weighted by molar-refractivity contribution is 14.1. The van der Waals surface area contributed by atoms with Gasteiger partial charge in [-0.1, -0.05) is 12.1 Å².